The number of amides is 2. The summed E-state index contributed by atoms with van der Waals surface area (Å²) in [6, 6.07) is 6.36. The fraction of sp³-hybridized carbons (Fsp3) is 0.211. The van der Waals surface area contributed by atoms with Crippen LogP contribution in [-0.4, -0.2) is 43.3 Å². The summed E-state index contributed by atoms with van der Waals surface area (Å²) in [7, 11) is 4.27. The molecule has 0 unspecified atom stereocenters. The van der Waals surface area contributed by atoms with E-state index < -0.39 is 17.1 Å². The van der Waals surface area contributed by atoms with E-state index in [1.54, 1.807) is 18.2 Å². The van der Waals surface area contributed by atoms with E-state index in [1.807, 2.05) is 0 Å². The zero-order valence-corrected chi connectivity index (χ0v) is 18.1. The van der Waals surface area contributed by atoms with Crippen LogP contribution in [-0.2, 0) is 16.1 Å². The minimum atomic E-state index is -0.636. The molecule has 1 aliphatic rings. The van der Waals surface area contributed by atoms with Crippen LogP contribution in [0.3, 0.4) is 0 Å². The third kappa shape index (κ3) is 4.33. The van der Waals surface area contributed by atoms with Gasteiger partial charge in [-0.3, -0.25) is 14.5 Å². The second-order valence-electron chi connectivity index (χ2n) is 5.75. The molecule has 2 amide bonds. The van der Waals surface area contributed by atoms with Gasteiger partial charge in [0.1, 0.15) is 5.76 Å². The summed E-state index contributed by atoms with van der Waals surface area (Å²) >= 11 is 4.25. The van der Waals surface area contributed by atoms with E-state index in [1.165, 1.54) is 33.5 Å². The number of carbonyl (C=O) groups is 3. The molecule has 2 heterocycles. The molecule has 0 bridgehead atoms. The van der Waals surface area contributed by atoms with Crippen LogP contribution >= 0.6 is 27.7 Å². The molecule has 0 saturated carbocycles. The molecule has 1 fully saturated rings. The van der Waals surface area contributed by atoms with E-state index in [9.17, 15) is 14.4 Å². The van der Waals surface area contributed by atoms with E-state index in [0.717, 1.165) is 16.7 Å². The Balaban J connectivity index is 1.83. The van der Waals surface area contributed by atoms with Gasteiger partial charge in [-0.25, -0.2) is 4.79 Å². The van der Waals surface area contributed by atoms with Crippen LogP contribution in [0.2, 0.25) is 0 Å². The predicted octanol–water partition coefficient (Wildman–Crippen LogP) is 4.08. The first-order chi connectivity index (χ1) is 13.9. The largest absolute Gasteiger partial charge is 0.493 e. The predicted molar refractivity (Wildman–Crippen MR) is 109 cm³/mol. The molecule has 3 rings (SSSR count). The third-order valence-corrected chi connectivity index (χ3v) is 5.62. The fourth-order valence-electron chi connectivity index (χ4n) is 2.59. The normalized spacial score (nSPS) is 15.2. The smallest absolute Gasteiger partial charge is 0.373 e. The molecule has 29 heavy (non-hydrogen) atoms. The average Bonchev–Trinajstić information content (AvgIpc) is 3.29. The summed E-state index contributed by atoms with van der Waals surface area (Å²) < 4.78 is 21.1. The van der Waals surface area contributed by atoms with Gasteiger partial charge in [0.15, 0.2) is 11.5 Å². The molecule has 0 aliphatic carbocycles. The van der Waals surface area contributed by atoms with Crippen molar-refractivity contribution in [2.45, 2.75) is 6.54 Å². The molecular weight excluding hydrogens is 466 g/mol. The monoisotopic (exact) mass is 481 g/mol. The number of rotatable bonds is 6. The summed E-state index contributed by atoms with van der Waals surface area (Å²) in [4.78, 5) is 37.8. The zero-order chi connectivity index (χ0) is 21.1. The topological polar surface area (TPSA) is 95.3 Å². The lowest BCUT2D eigenvalue weighted by Crippen LogP contribution is -2.27. The first-order valence-corrected chi connectivity index (χ1v) is 9.82. The molecule has 1 saturated heterocycles. The highest BCUT2D eigenvalue weighted by Crippen LogP contribution is 2.38. The quantitative estimate of drug-likeness (QED) is 0.449. The lowest BCUT2D eigenvalue weighted by atomic mass is 10.2. The van der Waals surface area contributed by atoms with Crippen LogP contribution < -0.4 is 9.47 Å². The van der Waals surface area contributed by atoms with Crippen molar-refractivity contribution in [2.24, 2.45) is 0 Å². The lowest BCUT2D eigenvalue weighted by Gasteiger charge is -2.11. The summed E-state index contributed by atoms with van der Waals surface area (Å²) in [5, 5.41) is -0.436. The number of methoxy groups -OCH3 is 3. The van der Waals surface area contributed by atoms with Gasteiger partial charge in [-0.05, 0) is 47.7 Å². The van der Waals surface area contributed by atoms with Crippen molar-refractivity contribution in [3.63, 3.8) is 0 Å². The van der Waals surface area contributed by atoms with Crippen molar-refractivity contribution < 1.29 is 33.0 Å². The maximum Gasteiger partial charge on any atom is 0.373 e. The van der Waals surface area contributed by atoms with Crippen molar-refractivity contribution in [3.05, 3.63) is 50.7 Å². The molecule has 1 aliphatic heterocycles. The van der Waals surface area contributed by atoms with Crippen molar-refractivity contribution in [1.82, 2.24) is 4.90 Å². The lowest BCUT2D eigenvalue weighted by molar-refractivity contribution is -0.123. The van der Waals surface area contributed by atoms with Crippen molar-refractivity contribution >= 4 is 50.9 Å². The Morgan fingerprint density at radius 1 is 1.17 bits per heavy atom. The Labute approximate surface area is 178 Å². The summed E-state index contributed by atoms with van der Waals surface area (Å²) in [5.41, 5.74) is 0.652. The Morgan fingerprint density at radius 2 is 1.86 bits per heavy atom. The van der Waals surface area contributed by atoms with E-state index >= 15 is 0 Å². The van der Waals surface area contributed by atoms with Crippen LogP contribution in [0, 0.1) is 0 Å². The molecule has 1 aromatic heterocycles. The Kier molecular flexibility index (Phi) is 6.33. The van der Waals surface area contributed by atoms with Gasteiger partial charge in [0.2, 0.25) is 5.76 Å². The van der Waals surface area contributed by atoms with Crippen LogP contribution in [0.25, 0.3) is 6.08 Å². The first-order valence-electron chi connectivity index (χ1n) is 8.21. The van der Waals surface area contributed by atoms with Crippen LogP contribution in [0.5, 0.6) is 11.5 Å². The fourth-order valence-corrected chi connectivity index (χ4v) is 3.85. The standard InChI is InChI=1S/C19H16BrNO7S/c1-25-14-6-10(12(20)8-15(14)26-2)7-16-17(22)21(19(24)29-16)9-11-4-5-13(28-11)18(23)27-3/h4-8H,9H2,1-3H3/b16-7+. The molecule has 2 aromatic rings. The number of nitrogens with zero attached hydrogens (tertiary/aromatic N) is 1. The number of imide groups is 1. The molecule has 8 nitrogen and oxygen atoms in total. The second-order valence-corrected chi connectivity index (χ2v) is 7.60. The molecule has 0 spiro atoms. The van der Waals surface area contributed by atoms with Crippen LogP contribution in [0.15, 0.2) is 38.1 Å². The number of hydrogen-bond donors (Lipinski definition) is 0. The van der Waals surface area contributed by atoms with E-state index in [-0.39, 0.29) is 17.2 Å². The van der Waals surface area contributed by atoms with Crippen molar-refractivity contribution in [2.75, 3.05) is 21.3 Å². The number of benzene rings is 1. The highest BCUT2D eigenvalue weighted by molar-refractivity contribution is 9.10. The molecule has 1 aromatic carbocycles. The number of esters is 1. The van der Waals surface area contributed by atoms with Gasteiger partial charge >= 0.3 is 5.97 Å². The minimum absolute atomic E-state index is 0.000674. The Bertz CT molecular complexity index is 1010. The van der Waals surface area contributed by atoms with Gasteiger partial charge < -0.3 is 18.6 Å². The zero-order valence-electron chi connectivity index (χ0n) is 15.7. The summed E-state index contributed by atoms with van der Waals surface area (Å²) in [6.07, 6.45) is 1.60. The number of halogens is 1. The van der Waals surface area contributed by atoms with Crippen molar-refractivity contribution in [3.8, 4) is 11.5 Å². The first kappa shape index (κ1) is 21.0. The molecule has 152 valence electrons. The molecule has 0 N–H and O–H groups in total. The van der Waals surface area contributed by atoms with Gasteiger partial charge in [0.05, 0.1) is 32.8 Å². The second kappa shape index (κ2) is 8.75. The van der Waals surface area contributed by atoms with E-state index in [2.05, 4.69) is 20.7 Å². The number of hydrogen-bond acceptors (Lipinski definition) is 8. The maximum atomic E-state index is 12.7. The van der Waals surface area contributed by atoms with Gasteiger partial charge in [0.25, 0.3) is 11.1 Å². The van der Waals surface area contributed by atoms with Crippen LogP contribution in [0.4, 0.5) is 4.79 Å². The molecular formula is C19H16BrNO7S. The Hall–Kier alpha value is -2.72. The Morgan fingerprint density at radius 3 is 2.52 bits per heavy atom. The summed E-state index contributed by atoms with van der Waals surface area (Å²) in [6.45, 7) is -0.0912. The van der Waals surface area contributed by atoms with Gasteiger partial charge in [-0.15, -0.1) is 0 Å². The van der Waals surface area contributed by atoms with Crippen LogP contribution in [0.1, 0.15) is 21.9 Å². The third-order valence-electron chi connectivity index (χ3n) is 4.03. The number of ether oxygens (including phenoxy) is 3. The number of furan rings is 1. The molecule has 0 atom stereocenters. The molecule has 0 radical (unpaired) electrons. The average molecular weight is 482 g/mol. The van der Waals surface area contributed by atoms with Gasteiger partial charge in [-0.2, -0.15) is 0 Å². The SMILES string of the molecule is COC(=O)c1ccc(CN2C(=O)S/C(=C/c3cc(OC)c(OC)cc3Br)C2=O)o1. The van der Waals surface area contributed by atoms with Gasteiger partial charge in [0, 0.05) is 4.47 Å². The highest BCUT2D eigenvalue weighted by atomic mass is 79.9. The highest BCUT2D eigenvalue weighted by Gasteiger charge is 2.36. The van der Waals surface area contributed by atoms with Crippen molar-refractivity contribution in [1.29, 1.82) is 0 Å². The summed E-state index contributed by atoms with van der Waals surface area (Å²) in [5.74, 6) is 0.220. The minimum Gasteiger partial charge on any atom is -0.493 e. The van der Waals surface area contributed by atoms with E-state index in [0.29, 0.717) is 27.3 Å². The maximum absolute atomic E-state index is 12.7. The van der Waals surface area contributed by atoms with E-state index in [4.69, 9.17) is 13.9 Å². The molecule has 10 heteroatoms. The number of thioether (sulfide) groups is 1. The number of carbonyl (C=O) groups excluding carboxylic acids is 3. The van der Waals surface area contributed by atoms with Gasteiger partial charge in [-0.1, -0.05) is 15.9 Å².